The quantitative estimate of drug-likeness (QED) is 0.673. The lowest BCUT2D eigenvalue weighted by atomic mass is 10.3. The molecule has 0 heterocycles. The monoisotopic (exact) mass is 273 g/mol. The van der Waals surface area contributed by atoms with Gasteiger partial charge in [-0.15, -0.1) is 0 Å². The van der Waals surface area contributed by atoms with E-state index in [9.17, 15) is 4.79 Å². The van der Waals surface area contributed by atoms with Gasteiger partial charge in [0, 0.05) is 5.69 Å². The van der Waals surface area contributed by atoms with E-state index in [0.717, 1.165) is 0 Å². The van der Waals surface area contributed by atoms with E-state index in [0.29, 0.717) is 15.9 Å². The van der Waals surface area contributed by atoms with E-state index in [4.69, 9.17) is 10.5 Å². The van der Waals surface area contributed by atoms with Crippen LogP contribution in [0.25, 0.3) is 0 Å². The van der Waals surface area contributed by atoms with E-state index in [2.05, 4.69) is 20.7 Å². The van der Waals surface area contributed by atoms with Crippen LogP contribution in [0.4, 0.5) is 5.69 Å². The molecule has 0 amide bonds. The maximum absolute atomic E-state index is 10.8. The minimum Gasteiger partial charge on any atom is -0.492 e. The molecule has 0 aliphatic rings. The lowest BCUT2D eigenvalue weighted by Crippen LogP contribution is -2.07. The van der Waals surface area contributed by atoms with E-state index in [-0.39, 0.29) is 19.0 Å². The molecule has 0 fully saturated rings. The van der Waals surface area contributed by atoms with Crippen LogP contribution in [0.2, 0.25) is 0 Å². The van der Waals surface area contributed by atoms with Crippen LogP contribution in [0.1, 0.15) is 6.42 Å². The summed E-state index contributed by atoms with van der Waals surface area (Å²) in [6, 6.07) is 5.32. The molecule has 0 radical (unpaired) electrons. The van der Waals surface area contributed by atoms with Gasteiger partial charge in [-0.1, -0.05) is 6.07 Å². The number of carbonyl (C=O) groups excluding carboxylic acids is 1. The third-order valence-corrected chi connectivity index (χ3v) is 2.63. The lowest BCUT2D eigenvalue weighted by molar-refractivity contribution is -0.141. The van der Waals surface area contributed by atoms with Crippen molar-refractivity contribution in [2.24, 2.45) is 0 Å². The van der Waals surface area contributed by atoms with E-state index in [1.807, 2.05) is 0 Å². The Balaban J connectivity index is 2.51. The average molecular weight is 274 g/mol. The van der Waals surface area contributed by atoms with Gasteiger partial charge >= 0.3 is 5.97 Å². The molecule has 5 heteroatoms. The van der Waals surface area contributed by atoms with E-state index >= 15 is 0 Å². The molecule has 2 N–H and O–H groups in total. The number of carbonyl (C=O) groups is 1. The summed E-state index contributed by atoms with van der Waals surface area (Å²) in [5.74, 6) is 0.328. The number of anilines is 1. The molecule has 0 atom stereocenters. The molecular formula is C10H12BrNO3. The summed E-state index contributed by atoms with van der Waals surface area (Å²) in [4.78, 5) is 10.8. The Kier molecular flexibility index (Phi) is 4.42. The third-order valence-electron chi connectivity index (χ3n) is 1.78. The zero-order valence-corrected chi connectivity index (χ0v) is 9.91. The number of benzene rings is 1. The van der Waals surface area contributed by atoms with Crippen molar-refractivity contribution >= 4 is 27.6 Å². The fourth-order valence-electron chi connectivity index (χ4n) is 0.986. The van der Waals surface area contributed by atoms with Crippen molar-refractivity contribution in [3.05, 3.63) is 22.7 Å². The lowest BCUT2D eigenvalue weighted by Gasteiger charge is -2.08. The Labute approximate surface area is 96.5 Å². The Morgan fingerprint density at radius 3 is 2.93 bits per heavy atom. The molecule has 0 saturated carbocycles. The zero-order valence-electron chi connectivity index (χ0n) is 8.33. The molecule has 1 rings (SSSR count). The largest absolute Gasteiger partial charge is 0.492 e. The SMILES string of the molecule is COC(=O)CCOc1cccc(N)c1Br. The first-order valence-corrected chi connectivity index (χ1v) is 5.18. The molecular weight excluding hydrogens is 262 g/mol. The molecule has 0 bridgehead atoms. The molecule has 4 nitrogen and oxygen atoms in total. The van der Waals surface area contributed by atoms with Crippen molar-refractivity contribution in [2.75, 3.05) is 19.5 Å². The van der Waals surface area contributed by atoms with Gasteiger partial charge in [-0.3, -0.25) is 4.79 Å². The van der Waals surface area contributed by atoms with E-state index < -0.39 is 0 Å². The molecule has 0 saturated heterocycles. The van der Waals surface area contributed by atoms with Crippen LogP contribution in [-0.4, -0.2) is 19.7 Å². The highest BCUT2D eigenvalue weighted by molar-refractivity contribution is 9.10. The smallest absolute Gasteiger partial charge is 0.308 e. The predicted molar refractivity (Wildman–Crippen MR) is 60.7 cm³/mol. The van der Waals surface area contributed by atoms with Crippen molar-refractivity contribution in [3.63, 3.8) is 0 Å². The number of nitrogen functional groups attached to an aromatic ring is 1. The highest BCUT2D eigenvalue weighted by Crippen LogP contribution is 2.30. The standard InChI is InChI=1S/C10H12BrNO3/c1-14-9(13)5-6-15-8-4-2-3-7(12)10(8)11/h2-4H,5-6,12H2,1H3. The van der Waals surface area contributed by atoms with Gasteiger partial charge in [0.25, 0.3) is 0 Å². The van der Waals surface area contributed by atoms with Crippen LogP contribution in [0.3, 0.4) is 0 Å². The van der Waals surface area contributed by atoms with Crippen molar-refractivity contribution in [1.29, 1.82) is 0 Å². The zero-order chi connectivity index (χ0) is 11.3. The van der Waals surface area contributed by atoms with Gasteiger partial charge in [0.05, 0.1) is 24.6 Å². The minimum absolute atomic E-state index is 0.220. The third kappa shape index (κ3) is 3.43. The number of halogens is 1. The van der Waals surface area contributed by atoms with Gasteiger partial charge in [-0.2, -0.15) is 0 Å². The summed E-state index contributed by atoms with van der Waals surface area (Å²) in [5, 5.41) is 0. The second kappa shape index (κ2) is 5.60. The van der Waals surface area contributed by atoms with Crippen LogP contribution in [0.5, 0.6) is 5.75 Å². The maximum atomic E-state index is 10.8. The fraction of sp³-hybridized carbons (Fsp3) is 0.300. The van der Waals surface area contributed by atoms with Crippen molar-refractivity contribution in [1.82, 2.24) is 0 Å². The van der Waals surface area contributed by atoms with Crippen LogP contribution >= 0.6 is 15.9 Å². The van der Waals surface area contributed by atoms with Gasteiger partial charge in [-0.25, -0.2) is 0 Å². The Morgan fingerprint density at radius 1 is 1.53 bits per heavy atom. The number of esters is 1. The normalized spacial score (nSPS) is 9.73. The summed E-state index contributed by atoms with van der Waals surface area (Å²) in [5.41, 5.74) is 6.26. The topological polar surface area (TPSA) is 61.5 Å². The Morgan fingerprint density at radius 2 is 2.27 bits per heavy atom. The highest BCUT2D eigenvalue weighted by atomic mass is 79.9. The van der Waals surface area contributed by atoms with Crippen LogP contribution in [0.15, 0.2) is 22.7 Å². The number of ether oxygens (including phenoxy) is 2. The first-order chi connectivity index (χ1) is 7.15. The van der Waals surface area contributed by atoms with Crippen LogP contribution < -0.4 is 10.5 Å². The summed E-state index contributed by atoms with van der Waals surface area (Å²) in [6.45, 7) is 0.273. The molecule has 1 aromatic carbocycles. The van der Waals surface area contributed by atoms with Crippen molar-refractivity contribution in [2.45, 2.75) is 6.42 Å². The number of hydrogen-bond acceptors (Lipinski definition) is 4. The first kappa shape index (κ1) is 11.8. The number of methoxy groups -OCH3 is 1. The van der Waals surface area contributed by atoms with Crippen LogP contribution in [0, 0.1) is 0 Å². The maximum Gasteiger partial charge on any atom is 0.308 e. The average Bonchev–Trinajstić information content (AvgIpc) is 2.24. The Hall–Kier alpha value is -1.23. The second-order valence-corrected chi connectivity index (χ2v) is 3.63. The molecule has 0 unspecified atom stereocenters. The molecule has 0 aromatic heterocycles. The Bertz CT molecular complexity index is 355. The highest BCUT2D eigenvalue weighted by Gasteiger charge is 2.05. The van der Waals surface area contributed by atoms with Gasteiger partial charge in [0.2, 0.25) is 0 Å². The van der Waals surface area contributed by atoms with Gasteiger partial charge in [0.15, 0.2) is 0 Å². The number of rotatable bonds is 4. The molecule has 0 aliphatic carbocycles. The van der Waals surface area contributed by atoms with Crippen LogP contribution in [-0.2, 0) is 9.53 Å². The molecule has 15 heavy (non-hydrogen) atoms. The van der Waals surface area contributed by atoms with Gasteiger partial charge in [0.1, 0.15) is 5.75 Å². The summed E-state index contributed by atoms with van der Waals surface area (Å²) in [7, 11) is 1.35. The van der Waals surface area contributed by atoms with E-state index in [1.165, 1.54) is 7.11 Å². The predicted octanol–water partition coefficient (Wildman–Crippen LogP) is 1.97. The number of nitrogens with two attached hydrogens (primary N) is 1. The minimum atomic E-state index is -0.296. The summed E-state index contributed by atoms with van der Waals surface area (Å²) < 4.78 is 10.6. The second-order valence-electron chi connectivity index (χ2n) is 2.83. The van der Waals surface area contributed by atoms with Crippen molar-refractivity contribution < 1.29 is 14.3 Å². The summed E-state index contributed by atoms with van der Waals surface area (Å²) in [6.07, 6.45) is 0.220. The summed E-state index contributed by atoms with van der Waals surface area (Å²) >= 11 is 3.30. The van der Waals surface area contributed by atoms with Crippen molar-refractivity contribution in [3.8, 4) is 5.75 Å². The molecule has 0 spiro atoms. The molecule has 82 valence electrons. The fourth-order valence-corrected chi connectivity index (χ4v) is 1.36. The molecule has 1 aromatic rings. The first-order valence-electron chi connectivity index (χ1n) is 4.38. The van der Waals surface area contributed by atoms with Gasteiger partial charge < -0.3 is 15.2 Å². The number of hydrogen-bond donors (Lipinski definition) is 1. The van der Waals surface area contributed by atoms with E-state index in [1.54, 1.807) is 18.2 Å². The molecule has 0 aliphatic heterocycles. The van der Waals surface area contributed by atoms with Gasteiger partial charge in [-0.05, 0) is 28.1 Å².